The van der Waals surface area contributed by atoms with Crippen LogP contribution in [-0.4, -0.2) is 36.6 Å². The SMILES string of the molecule is CC1CC(C)CC(C#N)(N2CCCNCC2)C1. The van der Waals surface area contributed by atoms with E-state index >= 15 is 0 Å². The Morgan fingerprint density at radius 3 is 2.53 bits per heavy atom. The number of hydrogen-bond acceptors (Lipinski definition) is 3. The van der Waals surface area contributed by atoms with E-state index in [4.69, 9.17) is 0 Å². The first-order valence-electron chi connectivity index (χ1n) is 7.03. The van der Waals surface area contributed by atoms with Crippen molar-refractivity contribution in [3.63, 3.8) is 0 Å². The summed E-state index contributed by atoms with van der Waals surface area (Å²) in [4.78, 5) is 2.46. The summed E-state index contributed by atoms with van der Waals surface area (Å²) in [5.74, 6) is 1.38. The van der Waals surface area contributed by atoms with Gasteiger partial charge >= 0.3 is 0 Å². The Bertz CT molecular complexity index is 276. The second-order valence-corrected chi connectivity index (χ2v) is 6.09. The molecule has 1 aliphatic carbocycles. The quantitative estimate of drug-likeness (QED) is 0.755. The van der Waals surface area contributed by atoms with Crippen molar-refractivity contribution in [2.24, 2.45) is 11.8 Å². The molecule has 0 aromatic rings. The lowest BCUT2D eigenvalue weighted by Gasteiger charge is -2.45. The lowest BCUT2D eigenvalue weighted by molar-refractivity contribution is 0.0612. The van der Waals surface area contributed by atoms with E-state index in [1.165, 1.54) is 12.8 Å². The number of nitrogens with zero attached hydrogens (tertiary/aromatic N) is 2. The minimum absolute atomic E-state index is 0.177. The van der Waals surface area contributed by atoms with E-state index in [1.54, 1.807) is 0 Å². The molecule has 3 nitrogen and oxygen atoms in total. The van der Waals surface area contributed by atoms with Gasteiger partial charge in [-0.05, 0) is 44.1 Å². The van der Waals surface area contributed by atoms with Gasteiger partial charge in [-0.1, -0.05) is 13.8 Å². The summed E-state index contributed by atoms with van der Waals surface area (Å²) in [5.41, 5.74) is -0.177. The lowest BCUT2D eigenvalue weighted by atomic mass is 9.71. The molecule has 3 heteroatoms. The third kappa shape index (κ3) is 2.81. The van der Waals surface area contributed by atoms with E-state index in [0.717, 1.165) is 39.0 Å². The van der Waals surface area contributed by atoms with Gasteiger partial charge in [0.1, 0.15) is 5.54 Å². The molecular weight excluding hydrogens is 210 g/mol. The average Bonchev–Trinajstić information content (AvgIpc) is 2.56. The van der Waals surface area contributed by atoms with E-state index in [-0.39, 0.29) is 5.54 Å². The third-order valence-electron chi connectivity index (χ3n) is 4.33. The minimum atomic E-state index is -0.177. The zero-order valence-corrected chi connectivity index (χ0v) is 11.2. The maximum absolute atomic E-state index is 9.71. The molecule has 1 N–H and O–H groups in total. The highest BCUT2D eigenvalue weighted by Crippen LogP contribution is 2.39. The Balaban J connectivity index is 2.14. The predicted molar refractivity (Wildman–Crippen MR) is 69.6 cm³/mol. The first-order chi connectivity index (χ1) is 8.16. The second-order valence-electron chi connectivity index (χ2n) is 6.09. The van der Waals surface area contributed by atoms with Gasteiger partial charge in [-0.15, -0.1) is 0 Å². The van der Waals surface area contributed by atoms with Crippen LogP contribution in [0.4, 0.5) is 0 Å². The average molecular weight is 235 g/mol. The van der Waals surface area contributed by atoms with Gasteiger partial charge in [0.05, 0.1) is 6.07 Å². The van der Waals surface area contributed by atoms with Gasteiger partial charge in [0, 0.05) is 19.6 Å². The highest BCUT2D eigenvalue weighted by atomic mass is 15.2. The molecule has 0 aromatic heterocycles. The Hall–Kier alpha value is -0.590. The first kappa shape index (κ1) is 12.9. The number of hydrogen-bond donors (Lipinski definition) is 1. The van der Waals surface area contributed by atoms with Crippen molar-refractivity contribution in [2.45, 2.75) is 45.1 Å². The van der Waals surface area contributed by atoms with Crippen molar-refractivity contribution in [3.05, 3.63) is 0 Å². The zero-order chi connectivity index (χ0) is 12.3. The first-order valence-corrected chi connectivity index (χ1v) is 7.03. The van der Waals surface area contributed by atoms with E-state index in [2.05, 4.69) is 30.1 Å². The van der Waals surface area contributed by atoms with Crippen LogP contribution in [-0.2, 0) is 0 Å². The smallest absolute Gasteiger partial charge is 0.109 e. The fourth-order valence-electron chi connectivity index (χ4n) is 3.78. The molecule has 2 unspecified atom stereocenters. The van der Waals surface area contributed by atoms with Gasteiger partial charge in [0.15, 0.2) is 0 Å². The van der Waals surface area contributed by atoms with Gasteiger partial charge in [0.2, 0.25) is 0 Å². The fourth-order valence-corrected chi connectivity index (χ4v) is 3.78. The predicted octanol–water partition coefficient (Wildman–Crippen LogP) is 2.00. The van der Waals surface area contributed by atoms with E-state index in [9.17, 15) is 5.26 Å². The van der Waals surface area contributed by atoms with Crippen LogP contribution in [0.5, 0.6) is 0 Å². The second kappa shape index (κ2) is 5.37. The number of nitriles is 1. The maximum Gasteiger partial charge on any atom is 0.109 e. The minimum Gasteiger partial charge on any atom is -0.315 e. The van der Waals surface area contributed by atoms with Crippen LogP contribution in [0.25, 0.3) is 0 Å². The van der Waals surface area contributed by atoms with Crippen molar-refractivity contribution >= 4 is 0 Å². The Labute approximate surface area is 105 Å². The van der Waals surface area contributed by atoms with Crippen molar-refractivity contribution in [1.29, 1.82) is 5.26 Å². The van der Waals surface area contributed by atoms with Gasteiger partial charge < -0.3 is 5.32 Å². The van der Waals surface area contributed by atoms with Gasteiger partial charge in [-0.3, -0.25) is 4.90 Å². The van der Waals surface area contributed by atoms with Gasteiger partial charge in [-0.25, -0.2) is 0 Å². The van der Waals surface area contributed by atoms with Crippen LogP contribution in [0.3, 0.4) is 0 Å². The molecule has 2 fully saturated rings. The lowest BCUT2D eigenvalue weighted by Crippen LogP contribution is -2.53. The molecule has 0 spiro atoms. The highest BCUT2D eigenvalue weighted by molar-refractivity contribution is 5.12. The van der Waals surface area contributed by atoms with Crippen LogP contribution >= 0.6 is 0 Å². The summed E-state index contributed by atoms with van der Waals surface area (Å²) in [5, 5.41) is 13.1. The molecular formula is C14H25N3. The molecule has 1 aliphatic heterocycles. The molecule has 0 bridgehead atoms. The van der Waals surface area contributed by atoms with E-state index in [0.29, 0.717) is 11.8 Å². The summed E-state index contributed by atoms with van der Waals surface area (Å²) in [6, 6.07) is 2.67. The molecule has 1 saturated heterocycles. The normalized spacial score (nSPS) is 40.5. The molecule has 96 valence electrons. The summed E-state index contributed by atoms with van der Waals surface area (Å²) in [7, 11) is 0. The summed E-state index contributed by atoms with van der Waals surface area (Å²) in [6.07, 6.45) is 4.59. The van der Waals surface area contributed by atoms with Crippen LogP contribution in [0.1, 0.15) is 39.5 Å². The van der Waals surface area contributed by atoms with Crippen molar-refractivity contribution < 1.29 is 0 Å². The molecule has 17 heavy (non-hydrogen) atoms. The third-order valence-corrected chi connectivity index (χ3v) is 4.33. The molecule has 2 atom stereocenters. The molecule has 2 aliphatic rings. The van der Waals surface area contributed by atoms with Crippen LogP contribution in [0.15, 0.2) is 0 Å². The summed E-state index contributed by atoms with van der Waals surface area (Å²) >= 11 is 0. The monoisotopic (exact) mass is 235 g/mol. The van der Waals surface area contributed by atoms with Crippen molar-refractivity contribution in [3.8, 4) is 6.07 Å². The molecule has 0 radical (unpaired) electrons. The molecule has 1 heterocycles. The Kier molecular flexibility index (Phi) is 4.06. The van der Waals surface area contributed by atoms with Crippen molar-refractivity contribution in [1.82, 2.24) is 10.2 Å². The zero-order valence-electron chi connectivity index (χ0n) is 11.2. The van der Waals surface area contributed by atoms with Crippen LogP contribution in [0.2, 0.25) is 0 Å². The van der Waals surface area contributed by atoms with E-state index < -0.39 is 0 Å². The number of nitrogens with one attached hydrogen (secondary N) is 1. The fraction of sp³-hybridized carbons (Fsp3) is 0.929. The van der Waals surface area contributed by atoms with E-state index in [1.807, 2.05) is 0 Å². The summed E-state index contributed by atoms with van der Waals surface area (Å²) in [6.45, 7) is 8.86. The Morgan fingerprint density at radius 1 is 1.18 bits per heavy atom. The maximum atomic E-state index is 9.71. The van der Waals surface area contributed by atoms with Gasteiger partial charge in [0.25, 0.3) is 0 Å². The summed E-state index contributed by atoms with van der Waals surface area (Å²) < 4.78 is 0. The highest BCUT2D eigenvalue weighted by Gasteiger charge is 2.42. The largest absolute Gasteiger partial charge is 0.315 e. The molecule has 0 amide bonds. The number of rotatable bonds is 1. The molecule has 2 rings (SSSR count). The van der Waals surface area contributed by atoms with Crippen LogP contribution < -0.4 is 5.32 Å². The molecule has 1 saturated carbocycles. The standard InChI is InChI=1S/C14H25N3/c1-12-8-13(2)10-14(9-12,11-15)17-6-3-4-16-5-7-17/h12-13,16H,3-10H2,1-2H3. The van der Waals surface area contributed by atoms with Crippen LogP contribution in [0, 0.1) is 23.2 Å². The van der Waals surface area contributed by atoms with Gasteiger partial charge in [-0.2, -0.15) is 5.26 Å². The Morgan fingerprint density at radius 2 is 1.88 bits per heavy atom. The molecule has 0 aromatic carbocycles. The van der Waals surface area contributed by atoms with Crippen molar-refractivity contribution in [2.75, 3.05) is 26.2 Å². The topological polar surface area (TPSA) is 39.1 Å².